The Bertz CT molecular complexity index is 1190. The number of carbonyl (C=O) groups excluding carboxylic acids is 2. The van der Waals surface area contributed by atoms with E-state index in [1.807, 2.05) is 35.7 Å². The van der Waals surface area contributed by atoms with Gasteiger partial charge in [-0.1, -0.05) is 24.3 Å². The predicted octanol–water partition coefficient (Wildman–Crippen LogP) is 3.01. The summed E-state index contributed by atoms with van der Waals surface area (Å²) in [7, 11) is 0. The fraction of sp³-hybridized carbons (Fsp3) is 0.304. The molecule has 1 N–H and O–H groups in total. The van der Waals surface area contributed by atoms with Gasteiger partial charge in [0.1, 0.15) is 5.69 Å². The first-order valence-electron chi connectivity index (χ1n) is 10.4. The van der Waals surface area contributed by atoms with Crippen LogP contribution in [0.5, 0.6) is 0 Å². The molecular weight excluding hydrogens is 412 g/mol. The van der Waals surface area contributed by atoms with Gasteiger partial charge in [0, 0.05) is 24.7 Å². The van der Waals surface area contributed by atoms with Crippen LogP contribution in [0.2, 0.25) is 0 Å². The zero-order valence-corrected chi connectivity index (χ0v) is 17.7. The lowest BCUT2D eigenvalue weighted by atomic mass is 10.0. The van der Waals surface area contributed by atoms with Gasteiger partial charge in [-0.05, 0) is 42.0 Å². The lowest BCUT2D eigenvalue weighted by Crippen LogP contribution is -2.44. The first-order chi connectivity index (χ1) is 15.1. The summed E-state index contributed by atoms with van der Waals surface area (Å²) in [5, 5.41) is 9.49. The van der Waals surface area contributed by atoms with Gasteiger partial charge in [0.2, 0.25) is 5.91 Å². The number of aromatic nitrogens is 2. The molecule has 1 aromatic carbocycles. The summed E-state index contributed by atoms with van der Waals surface area (Å²) in [4.78, 5) is 40.5. The standard InChI is InChI=1S/C23H22N4O3S/c28-21-10-9-18(20-8-4-12-31-20)25-27(21)15-5-3-11-26(14-15)22(29)13-19-16-6-1-2-7-17(16)23(30)24-19/h1-2,4,6-10,12,15,19H,3,5,11,13-14H2,(H,24,30)/t15-,19-/m0/s1. The number of hydrogen-bond acceptors (Lipinski definition) is 5. The van der Waals surface area contributed by atoms with Gasteiger partial charge in [-0.15, -0.1) is 11.3 Å². The van der Waals surface area contributed by atoms with E-state index in [2.05, 4.69) is 10.4 Å². The molecule has 158 valence electrons. The molecule has 0 aliphatic carbocycles. The molecule has 0 spiro atoms. The van der Waals surface area contributed by atoms with Gasteiger partial charge in [0.25, 0.3) is 11.5 Å². The maximum atomic E-state index is 13.1. The van der Waals surface area contributed by atoms with Gasteiger partial charge in [-0.2, -0.15) is 5.10 Å². The minimum Gasteiger partial charge on any atom is -0.345 e. The molecule has 1 saturated heterocycles. The minimum absolute atomic E-state index is 0.0193. The van der Waals surface area contributed by atoms with E-state index in [-0.39, 0.29) is 35.9 Å². The number of amides is 2. The highest BCUT2D eigenvalue weighted by Crippen LogP contribution is 2.29. The molecule has 5 rings (SSSR count). The van der Waals surface area contributed by atoms with Crippen LogP contribution in [-0.4, -0.2) is 39.6 Å². The number of nitrogens with zero attached hydrogens (tertiary/aromatic N) is 3. The number of benzene rings is 1. The van der Waals surface area contributed by atoms with Crippen LogP contribution in [0.1, 0.15) is 47.3 Å². The highest BCUT2D eigenvalue weighted by Gasteiger charge is 2.33. The van der Waals surface area contributed by atoms with Crippen molar-refractivity contribution in [3.8, 4) is 10.6 Å². The van der Waals surface area contributed by atoms with Crippen LogP contribution < -0.4 is 10.9 Å². The fourth-order valence-electron chi connectivity index (χ4n) is 4.41. The van der Waals surface area contributed by atoms with E-state index in [1.54, 1.807) is 34.4 Å². The largest absolute Gasteiger partial charge is 0.345 e. The first kappa shape index (κ1) is 19.7. The maximum absolute atomic E-state index is 13.1. The van der Waals surface area contributed by atoms with Crippen molar-refractivity contribution >= 4 is 23.2 Å². The smallest absolute Gasteiger partial charge is 0.267 e. The van der Waals surface area contributed by atoms with Gasteiger partial charge >= 0.3 is 0 Å². The van der Waals surface area contributed by atoms with Crippen molar-refractivity contribution < 1.29 is 9.59 Å². The van der Waals surface area contributed by atoms with E-state index >= 15 is 0 Å². The average Bonchev–Trinajstić information content (AvgIpc) is 3.43. The number of fused-ring (bicyclic) bond motifs is 1. The molecule has 3 aromatic rings. The van der Waals surface area contributed by atoms with Gasteiger partial charge in [-0.3, -0.25) is 14.4 Å². The number of piperidine rings is 1. The molecule has 1 fully saturated rings. The third kappa shape index (κ3) is 3.79. The third-order valence-electron chi connectivity index (χ3n) is 5.96. The number of rotatable bonds is 4. The van der Waals surface area contributed by atoms with Crippen LogP contribution in [0.3, 0.4) is 0 Å². The Hall–Kier alpha value is -3.26. The zero-order valence-electron chi connectivity index (χ0n) is 16.9. The predicted molar refractivity (Wildman–Crippen MR) is 118 cm³/mol. The molecule has 0 unspecified atom stereocenters. The van der Waals surface area contributed by atoms with E-state index in [9.17, 15) is 14.4 Å². The van der Waals surface area contributed by atoms with E-state index < -0.39 is 0 Å². The quantitative estimate of drug-likeness (QED) is 0.684. The lowest BCUT2D eigenvalue weighted by molar-refractivity contribution is -0.133. The maximum Gasteiger partial charge on any atom is 0.267 e. The number of carbonyl (C=O) groups is 2. The highest BCUT2D eigenvalue weighted by molar-refractivity contribution is 7.13. The number of thiophene rings is 1. The van der Waals surface area contributed by atoms with Crippen LogP contribution in [0.25, 0.3) is 10.6 Å². The molecule has 8 heteroatoms. The Morgan fingerprint density at radius 1 is 1.13 bits per heavy atom. The monoisotopic (exact) mass is 434 g/mol. The van der Waals surface area contributed by atoms with Crippen molar-refractivity contribution in [2.75, 3.05) is 13.1 Å². The van der Waals surface area contributed by atoms with Crippen molar-refractivity contribution in [2.45, 2.75) is 31.3 Å². The molecule has 0 saturated carbocycles. The molecule has 31 heavy (non-hydrogen) atoms. The molecule has 2 aliphatic heterocycles. The van der Waals surface area contributed by atoms with E-state index in [4.69, 9.17) is 0 Å². The molecule has 0 radical (unpaired) electrons. The van der Waals surface area contributed by atoms with Crippen LogP contribution in [0.15, 0.2) is 58.7 Å². The van der Waals surface area contributed by atoms with Crippen molar-refractivity contribution in [1.82, 2.24) is 20.0 Å². The molecular formula is C23H22N4O3S. The molecule has 7 nitrogen and oxygen atoms in total. The topological polar surface area (TPSA) is 84.3 Å². The molecule has 0 bridgehead atoms. The van der Waals surface area contributed by atoms with Crippen LogP contribution in [0, 0.1) is 0 Å². The minimum atomic E-state index is -0.306. The second kappa shape index (κ2) is 8.11. The summed E-state index contributed by atoms with van der Waals surface area (Å²) in [5.41, 5.74) is 2.12. The van der Waals surface area contributed by atoms with Crippen LogP contribution in [-0.2, 0) is 4.79 Å². The van der Waals surface area contributed by atoms with E-state index in [0.717, 1.165) is 29.0 Å². The van der Waals surface area contributed by atoms with Crippen molar-refractivity contribution in [3.63, 3.8) is 0 Å². The number of hydrogen-bond donors (Lipinski definition) is 1. The Morgan fingerprint density at radius 3 is 2.84 bits per heavy atom. The summed E-state index contributed by atoms with van der Waals surface area (Å²) in [6, 6.07) is 14.2. The van der Waals surface area contributed by atoms with Crippen LogP contribution >= 0.6 is 11.3 Å². The Balaban J connectivity index is 1.32. The number of likely N-dealkylation sites (tertiary alicyclic amines) is 1. The zero-order chi connectivity index (χ0) is 21.4. The van der Waals surface area contributed by atoms with Crippen molar-refractivity contribution in [1.29, 1.82) is 0 Å². The van der Waals surface area contributed by atoms with Gasteiger partial charge in [0.05, 0.1) is 23.4 Å². The molecule has 2 aromatic heterocycles. The second-order valence-electron chi connectivity index (χ2n) is 7.93. The summed E-state index contributed by atoms with van der Waals surface area (Å²) < 4.78 is 1.53. The van der Waals surface area contributed by atoms with Gasteiger partial charge in [0.15, 0.2) is 0 Å². The molecule has 2 amide bonds. The Labute approximate surface area is 183 Å². The summed E-state index contributed by atoms with van der Waals surface area (Å²) in [6.45, 7) is 1.10. The summed E-state index contributed by atoms with van der Waals surface area (Å²) in [5.74, 6) is -0.153. The second-order valence-corrected chi connectivity index (χ2v) is 8.88. The number of nitrogens with one attached hydrogen (secondary N) is 1. The first-order valence-corrected chi connectivity index (χ1v) is 11.3. The van der Waals surface area contributed by atoms with Gasteiger partial charge < -0.3 is 10.2 Å². The fourth-order valence-corrected chi connectivity index (χ4v) is 5.10. The normalized spacial score (nSPS) is 20.4. The molecule has 2 aliphatic rings. The van der Waals surface area contributed by atoms with Gasteiger partial charge in [-0.25, -0.2) is 4.68 Å². The summed E-state index contributed by atoms with van der Waals surface area (Å²) in [6.07, 6.45) is 1.82. The Kier molecular flexibility index (Phi) is 5.15. The SMILES string of the molecule is O=C1N[C@@H](CC(=O)N2CCC[C@H](n3nc(-c4cccs4)ccc3=O)C2)c2ccccc21. The summed E-state index contributed by atoms with van der Waals surface area (Å²) >= 11 is 1.58. The van der Waals surface area contributed by atoms with Crippen molar-refractivity contribution in [2.24, 2.45) is 0 Å². The lowest BCUT2D eigenvalue weighted by Gasteiger charge is -2.33. The third-order valence-corrected chi connectivity index (χ3v) is 6.85. The Morgan fingerprint density at radius 2 is 2.00 bits per heavy atom. The van der Waals surface area contributed by atoms with Crippen LogP contribution in [0.4, 0.5) is 0 Å². The van der Waals surface area contributed by atoms with Crippen molar-refractivity contribution in [3.05, 3.63) is 75.4 Å². The highest BCUT2D eigenvalue weighted by atomic mass is 32.1. The molecule has 2 atom stereocenters. The average molecular weight is 435 g/mol. The molecule has 4 heterocycles. The van der Waals surface area contributed by atoms with E-state index in [0.29, 0.717) is 18.7 Å². The van der Waals surface area contributed by atoms with E-state index in [1.165, 1.54) is 4.68 Å².